The van der Waals surface area contributed by atoms with Crippen molar-refractivity contribution in [3.63, 3.8) is 0 Å². The third-order valence-electron chi connectivity index (χ3n) is 2.71. The number of rotatable bonds is 10. The third kappa shape index (κ3) is 6.33. The Hall–Kier alpha value is -1.44. The van der Waals surface area contributed by atoms with Crippen molar-refractivity contribution in [3.05, 3.63) is 36.9 Å². The van der Waals surface area contributed by atoms with E-state index in [9.17, 15) is 0 Å². The number of benzene rings is 1. The quantitative estimate of drug-likeness (QED) is 0.445. The SMILES string of the molecule is C=CCCCCCCOc1ccc(OCC)cc1. The number of unbranched alkanes of at least 4 members (excludes halogenated alkanes) is 4. The largest absolute Gasteiger partial charge is 0.494 e. The minimum atomic E-state index is 0.699. The standard InChI is InChI=1S/C16H24O2/c1-3-5-6-7-8-9-14-18-16-12-10-15(11-13-16)17-4-2/h3,10-13H,1,4-9,14H2,2H3. The predicted molar refractivity (Wildman–Crippen MR) is 76.4 cm³/mol. The maximum atomic E-state index is 5.67. The molecule has 0 saturated carbocycles. The van der Waals surface area contributed by atoms with Crippen molar-refractivity contribution >= 4 is 0 Å². The van der Waals surface area contributed by atoms with E-state index < -0.39 is 0 Å². The zero-order valence-corrected chi connectivity index (χ0v) is 11.4. The van der Waals surface area contributed by atoms with E-state index in [1.807, 2.05) is 37.3 Å². The molecule has 0 saturated heterocycles. The first-order valence-electron chi connectivity index (χ1n) is 6.83. The van der Waals surface area contributed by atoms with E-state index >= 15 is 0 Å². The summed E-state index contributed by atoms with van der Waals surface area (Å²) in [6.07, 6.45) is 7.95. The highest BCUT2D eigenvalue weighted by Crippen LogP contribution is 2.17. The smallest absolute Gasteiger partial charge is 0.119 e. The molecule has 100 valence electrons. The highest BCUT2D eigenvalue weighted by atomic mass is 16.5. The second kappa shape index (κ2) is 9.58. The molecular weight excluding hydrogens is 224 g/mol. The maximum Gasteiger partial charge on any atom is 0.119 e. The number of allylic oxidation sites excluding steroid dienone is 1. The molecule has 0 aliphatic rings. The second-order valence-electron chi connectivity index (χ2n) is 4.24. The van der Waals surface area contributed by atoms with Crippen LogP contribution in [0.15, 0.2) is 36.9 Å². The van der Waals surface area contributed by atoms with Gasteiger partial charge in [-0.1, -0.05) is 18.9 Å². The highest BCUT2D eigenvalue weighted by molar-refractivity contribution is 5.31. The van der Waals surface area contributed by atoms with Crippen molar-refractivity contribution in [2.24, 2.45) is 0 Å². The Bertz CT molecular complexity index is 316. The lowest BCUT2D eigenvalue weighted by atomic mass is 10.1. The van der Waals surface area contributed by atoms with Gasteiger partial charge in [-0.15, -0.1) is 6.58 Å². The van der Waals surface area contributed by atoms with Crippen LogP contribution in [0.5, 0.6) is 11.5 Å². The first-order valence-corrected chi connectivity index (χ1v) is 6.83. The highest BCUT2D eigenvalue weighted by Gasteiger charge is 1.96. The van der Waals surface area contributed by atoms with Crippen molar-refractivity contribution < 1.29 is 9.47 Å². The summed E-state index contributed by atoms with van der Waals surface area (Å²) < 4.78 is 11.0. The zero-order valence-electron chi connectivity index (χ0n) is 11.4. The molecule has 0 atom stereocenters. The fraction of sp³-hybridized carbons (Fsp3) is 0.500. The molecule has 0 radical (unpaired) electrons. The summed E-state index contributed by atoms with van der Waals surface area (Å²) in [6, 6.07) is 7.82. The minimum absolute atomic E-state index is 0.699. The molecule has 18 heavy (non-hydrogen) atoms. The van der Waals surface area contributed by atoms with Gasteiger partial charge >= 0.3 is 0 Å². The van der Waals surface area contributed by atoms with Gasteiger partial charge in [-0.25, -0.2) is 0 Å². The average molecular weight is 248 g/mol. The summed E-state index contributed by atoms with van der Waals surface area (Å²) in [5.74, 6) is 1.82. The zero-order chi connectivity index (χ0) is 13.1. The van der Waals surface area contributed by atoms with Crippen LogP contribution in [0.1, 0.15) is 39.0 Å². The molecule has 0 fully saturated rings. The van der Waals surface area contributed by atoms with Gasteiger partial charge < -0.3 is 9.47 Å². The Labute approximate surface area is 111 Å². The van der Waals surface area contributed by atoms with Crippen LogP contribution >= 0.6 is 0 Å². The Morgan fingerprint density at radius 1 is 0.944 bits per heavy atom. The molecule has 0 bridgehead atoms. The molecule has 1 aromatic rings. The van der Waals surface area contributed by atoms with Gasteiger partial charge in [-0.3, -0.25) is 0 Å². The second-order valence-corrected chi connectivity index (χ2v) is 4.24. The fourth-order valence-electron chi connectivity index (χ4n) is 1.73. The summed E-state index contributed by atoms with van der Waals surface area (Å²) in [4.78, 5) is 0. The number of hydrogen-bond acceptors (Lipinski definition) is 2. The molecule has 0 unspecified atom stereocenters. The van der Waals surface area contributed by atoms with Crippen LogP contribution < -0.4 is 9.47 Å². The fourth-order valence-corrected chi connectivity index (χ4v) is 1.73. The predicted octanol–water partition coefficient (Wildman–Crippen LogP) is 4.60. The van der Waals surface area contributed by atoms with Crippen LogP contribution in [0.2, 0.25) is 0 Å². The molecule has 1 rings (SSSR count). The molecule has 0 spiro atoms. The Kier molecular flexibility index (Phi) is 7.78. The monoisotopic (exact) mass is 248 g/mol. The summed E-state index contributed by atoms with van der Waals surface area (Å²) in [7, 11) is 0. The van der Waals surface area contributed by atoms with Gasteiger partial charge in [0.1, 0.15) is 11.5 Å². The maximum absolute atomic E-state index is 5.67. The topological polar surface area (TPSA) is 18.5 Å². The van der Waals surface area contributed by atoms with Gasteiger partial charge in [0.2, 0.25) is 0 Å². The molecule has 0 aliphatic heterocycles. The van der Waals surface area contributed by atoms with Crippen molar-refractivity contribution in [2.75, 3.05) is 13.2 Å². The van der Waals surface area contributed by atoms with Crippen LogP contribution in [-0.2, 0) is 0 Å². The van der Waals surface area contributed by atoms with Crippen LogP contribution in [0.25, 0.3) is 0 Å². The number of hydrogen-bond donors (Lipinski definition) is 0. The van der Waals surface area contributed by atoms with Crippen LogP contribution in [0, 0.1) is 0 Å². The van der Waals surface area contributed by atoms with E-state index in [0.717, 1.165) is 30.9 Å². The van der Waals surface area contributed by atoms with Crippen molar-refractivity contribution in [1.82, 2.24) is 0 Å². The van der Waals surface area contributed by atoms with Gasteiger partial charge in [0.05, 0.1) is 13.2 Å². The third-order valence-corrected chi connectivity index (χ3v) is 2.71. The summed E-state index contributed by atoms with van der Waals surface area (Å²) >= 11 is 0. The molecule has 2 nitrogen and oxygen atoms in total. The molecule has 0 aliphatic carbocycles. The first-order chi connectivity index (χ1) is 8.86. The molecule has 0 heterocycles. The van der Waals surface area contributed by atoms with E-state index in [0.29, 0.717) is 6.61 Å². The van der Waals surface area contributed by atoms with Gasteiger partial charge in [-0.05, 0) is 50.5 Å². The van der Waals surface area contributed by atoms with Crippen molar-refractivity contribution in [3.8, 4) is 11.5 Å². The lowest BCUT2D eigenvalue weighted by molar-refractivity contribution is 0.303. The minimum Gasteiger partial charge on any atom is -0.494 e. The van der Waals surface area contributed by atoms with Crippen molar-refractivity contribution in [1.29, 1.82) is 0 Å². The summed E-state index contributed by atoms with van der Waals surface area (Å²) in [6.45, 7) is 7.20. The lowest BCUT2D eigenvalue weighted by Gasteiger charge is -2.07. The van der Waals surface area contributed by atoms with Gasteiger partial charge in [0.15, 0.2) is 0 Å². The molecule has 0 N–H and O–H groups in total. The molecular formula is C16H24O2. The Morgan fingerprint density at radius 3 is 2.17 bits per heavy atom. The van der Waals surface area contributed by atoms with Crippen LogP contribution in [-0.4, -0.2) is 13.2 Å². The van der Waals surface area contributed by atoms with E-state index in [2.05, 4.69) is 6.58 Å². The summed E-state index contributed by atoms with van der Waals surface area (Å²) in [5, 5.41) is 0. The van der Waals surface area contributed by atoms with Gasteiger partial charge in [-0.2, -0.15) is 0 Å². The number of ether oxygens (including phenoxy) is 2. The summed E-state index contributed by atoms with van der Waals surface area (Å²) in [5.41, 5.74) is 0. The lowest BCUT2D eigenvalue weighted by Crippen LogP contribution is -1.97. The average Bonchev–Trinajstić information content (AvgIpc) is 2.40. The Morgan fingerprint density at radius 2 is 1.56 bits per heavy atom. The molecule has 0 amide bonds. The van der Waals surface area contributed by atoms with Crippen LogP contribution in [0.3, 0.4) is 0 Å². The van der Waals surface area contributed by atoms with E-state index in [-0.39, 0.29) is 0 Å². The van der Waals surface area contributed by atoms with E-state index in [4.69, 9.17) is 9.47 Å². The molecule has 0 aromatic heterocycles. The molecule has 2 heteroatoms. The van der Waals surface area contributed by atoms with Crippen molar-refractivity contribution in [2.45, 2.75) is 39.0 Å². The van der Waals surface area contributed by atoms with E-state index in [1.54, 1.807) is 0 Å². The van der Waals surface area contributed by atoms with Crippen LogP contribution in [0.4, 0.5) is 0 Å². The van der Waals surface area contributed by atoms with Gasteiger partial charge in [0, 0.05) is 0 Å². The Balaban J connectivity index is 2.09. The van der Waals surface area contributed by atoms with E-state index in [1.165, 1.54) is 19.3 Å². The first kappa shape index (κ1) is 14.6. The molecule has 1 aromatic carbocycles. The normalized spacial score (nSPS) is 10.1. The van der Waals surface area contributed by atoms with Gasteiger partial charge in [0.25, 0.3) is 0 Å².